The molecule has 2 aromatic rings. The minimum Gasteiger partial charge on any atom is -0.378 e. The van der Waals surface area contributed by atoms with Gasteiger partial charge < -0.3 is 14.6 Å². The summed E-state index contributed by atoms with van der Waals surface area (Å²) in [5.41, 5.74) is 0.0708. The number of halogens is 1. The van der Waals surface area contributed by atoms with Crippen LogP contribution in [0.25, 0.3) is 11.4 Å². The fourth-order valence-corrected chi connectivity index (χ4v) is 3.01. The minimum atomic E-state index is -0.978. The molecule has 0 radical (unpaired) electrons. The van der Waals surface area contributed by atoms with Crippen molar-refractivity contribution >= 4 is 11.9 Å². The molecule has 1 aromatic carbocycles. The maximum Gasteiger partial charge on any atom is 0.325 e. The smallest absolute Gasteiger partial charge is 0.325 e. The highest BCUT2D eigenvalue weighted by atomic mass is 19.1. The molecule has 3 heterocycles. The minimum absolute atomic E-state index is 0.122. The molecule has 1 unspecified atom stereocenters. The number of ether oxygens (including phenoxy) is 1. The first-order valence-electron chi connectivity index (χ1n) is 7.79. The summed E-state index contributed by atoms with van der Waals surface area (Å²) in [6, 6.07) is 3.95. The predicted octanol–water partition coefficient (Wildman–Crippen LogP) is 1.40. The van der Waals surface area contributed by atoms with Crippen LogP contribution in [0.4, 0.5) is 9.18 Å². The molecule has 0 aliphatic carbocycles. The van der Waals surface area contributed by atoms with Crippen LogP contribution in [0.1, 0.15) is 17.9 Å². The number of imide groups is 1. The van der Waals surface area contributed by atoms with Crippen LogP contribution in [-0.2, 0) is 16.1 Å². The Morgan fingerprint density at radius 1 is 1.40 bits per heavy atom. The van der Waals surface area contributed by atoms with Gasteiger partial charge in [0.25, 0.3) is 5.91 Å². The molecule has 2 saturated heterocycles. The van der Waals surface area contributed by atoms with Gasteiger partial charge in [0.15, 0.2) is 0 Å². The summed E-state index contributed by atoms with van der Waals surface area (Å²) in [6.45, 7) is 2.10. The quantitative estimate of drug-likeness (QED) is 0.844. The molecule has 2 fully saturated rings. The number of carbonyl (C=O) groups excluding carboxylic acids is 2. The van der Waals surface area contributed by atoms with Crippen LogP contribution in [0.3, 0.4) is 0 Å². The highest BCUT2D eigenvalue weighted by molar-refractivity contribution is 6.07. The Hall–Kier alpha value is -2.81. The van der Waals surface area contributed by atoms with Crippen molar-refractivity contribution in [2.24, 2.45) is 0 Å². The first-order valence-corrected chi connectivity index (χ1v) is 7.79. The molecule has 130 valence electrons. The number of hydrogen-bond donors (Lipinski definition) is 1. The number of rotatable bonds is 3. The van der Waals surface area contributed by atoms with E-state index in [1.165, 1.54) is 12.1 Å². The number of urea groups is 1. The van der Waals surface area contributed by atoms with Gasteiger partial charge in [0.1, 0.15) is 17.9 Å². The molecule has 0 saturated carbocycles. The zero-order valence-electron chi connectivity index (χ0n) is 13.4. The van der Waals surface area contributed by atoms with Crippen molar-refractivity contribution in [2.75, 3.05) is 13.2 Å². The first-order chi connectivity index (χ1) is 12.0. The van der Waals surface area contributed by atoms with Gasteiger partial charge in [0.05, 0.1) is 6.61 Å². The van der Waals surface area contributed by atoms with E-state index in [1.807, 2.05) is 0 Å². The fraction of sp³-hybridized carbons (Fsp3) is 0.375. The van der Waals surface area contributed by atoms with Gasteiger partial charge in [0.2, 0.25) is 11.7 Å². The van der Waals surface area contributed by atoms with Crippen molar-refractivity contribution in [3.05, 3.63) is 35.5 Å². The summed E-state index contributed by atoms with van der Waals surface area (Å²) in [5, 5.41) is 6.52. The van der Waals surface area contributed by atoms with Gasteiger partial charge in [-0.25, -0.2) is 9.18 Å². The molecule has 25 heavy (non-hydrogen) atoms. The number of nitrogens with zero attached hydrogens (tertiary/aromatic N) is 3. The average Bonchev–Trinajstić information content (AvgIpc) is 3.29. The Morgan fingerprint density at radius 2 is 2.24 bits per heavy atom. The summed E-state index contributed by atoms with van der Waals surface area (Å²) in [7, 11) is 0. The van der Waals surface area contributed by atoms with Crippen molar-refractivity contribution in [3.8, 4) is 11.4 Å². The molecule has 1 spiro atoms. The zero-order chi connectivity index (χ0) is 17.6. The molecule has 2 aliphatic heterocycles. The van der Waals surface area contributed by atoms with Gasteiger partial charge in [-0.3, -0.25) is 9.69 Å². The highest BCUT2D eigenvalue weighted by Crippen LogP contribution is 2.28. The van der Waals surface area contributed by atoms with Crippen LogP contribution >= 0.6 is 0 Å². The lowest BCUT2D eigenvalue weighted by Crippen LogP contribution is -2.47. The van der Waals surface area contributed by atoms with E-state index >= 15 is 0 Å². The number of aryl methyl sites for hydroxylation is 1. The monoisotopic (exact) mass is 346 g/mol. The first kappa shape index (κ1) is 15.7. The van der Waals surface area contributed by atoms with Crippen LogP contribution in [0.2, 0.25) is 0 Å². The number of aromatic nitrogens is 2. The molecule has 1 N–H and O–H groups in total. The highest BCUT2D eigenvalue weighted by Gasteiger charge is 2.53. The third kappa shape index (κ3) is 2.56. The number of benzene rings is 1. The van der Waals surface area contributed by atoms with E-state index in [-0.39, 0.29) is 36.6 Å². The lowest BCUT2D eigenvalue weighted by Gasteiger charge is -2.17. The largest absolute Gasteiger partial charge is 0.378 e. The lowest BCUT2D eigenvalue weighted by atomic mass is 9.99. The van der Waals surface area contributed by atoms with Crippen molar-refractivity contribution in [2.45, 2.75) is 25.4 Å². The summed E-state index contributed by atoms with van der Waals surface area (Å²) in [6.07, 6.45) is 0.442. The number of hydrogen-bond acceptors (Lipinski definition) is 6. The van der Waals surface area contributed by atoms with Crippen LogP contribution in [0, 0.1) is 12.7 Å². The molecule has 1 aromatic heterocycles. The van der Waals surface area contributed by atoms with Gasteiger partial charge >= 0.3 is 6.03 Å². The Labute approximate surface area is 141 Å². The van der Waals surface area contributed by atoms with Crippen molar-refractivity contribution in [1.82, 2.24) is 20.4 Å². The van der Waals surface area contributed by atoms with E-state index in [4.69, 9.17) is 9.26 Å². The van der Waals surface area contributed by atoms with Crippen molar-refractivity contribution < 1.29 is 23.2 Å². The van der Waals surface area contributed by atoms with Gasteiger partial charge in [-0.1, -0.05) is 5.16 Å². The Morgan fingerprint density at radius 3 is 2.96 bits per heavy atom. The van der Waals surface area contributed by atoms with Gasteiger partial charge in [-0.15, -0.1) is 0 Å². The standard InChI is InChI=1S/C16H15FN4O4/c1-9-6-10(2-3-11(9)17)13-18-12(25-20-13)7-21-14(22)16(19-15(21)23)4-5-24-8-16/h2-3,6H,4-5,7-8H2,1H3,(H,19,23). The molecular weight excluding hydrogens is 331 g/mol. The van der Waals surface area contributed by atoms with Crippen LogP contribution < -0.4 is 5.32 Å². The molecular formula is C16H15FN4O4. The molecule has 4 rings (SSSR count). The Bertz CT molecular complexity index is 860. The van der Waals surface area contributed by atoms with E-state index in [0.29, 0.717) is 24.2 Å². The van der Waals surface area contributed by atoms with Crippen LogP contribution in [0.5, 0.6) is 0 Å². The molecule has 2 aliphatic rings. The van der Waals surface area contributed by atoms with Crippen LogP contribution in [-0.4, -0.2) is 45.7 Å². The maximum atomic E-state index is 13.4. The summed E-state index contributed by atoms with van der Waals surface area (Å²) in [4.78, 5) is 29.9. The number of carbonyl (C=O) groups is 2. The molecule has 0 bridgehead atoms. The summed E-state index contributed by atoms with van der Waals surface area (Å²) in [5.74, 6) is -0.288. The van der Waals surface area contributed by atoms with E-state index in [9.17, 15) is 14.0 Å². The van der Waals surface area contributed by atoms with E-state index < -0.39 is 11.6 Å². The van der Waals surface area contributed by atoms with E-state index in [2.05, 4.69) is 15.5 Å². The number of amides is 3. The fourth-order valence-electron chi connectivity index (χ4n) is 3.01. The summed E-state index contributed by atoms with van der Waals surface area (Å²) < 4.78 is 23.7. The number of nitrogens with one attached hydrogen (secondary N) is 1. The maximum absolute atomic E-state index is 13.4. The second-order valence-electron chi connectivity index (χ2n) is 6.18. The van der Waals surface area contributed by atoms with Gasteiger partial charge in [-0.2, -0.15) is 4.98 Å². The average molecular weight is 346 g/mol. The topological polar surface area (TPSA) is 97.6 Å². The SMILES string of the molecule is Cc1cc(-c2noc(CN3C(=O)NC4(CCOC4)C3=O)n2)ccc1F. The molecule has 9 heteroatoms. The molecule has 8 nitrogen and oxygen atoms in total. The van der Waals surface area contributed by atoms with Crippen molar-refractivity contribution in [1.29, 1.82) is 0 Å². The Balaban J connectivity index is 1.54. The Kier molecular flexibility index (Phi) is 3.53. The second-order valence-corrected chi connectivity index (χ2v) is 6.18. The van der Waals surface area contributed by atoms with Gasteiger partial charge in [0, 0.05) is 18.6 Å². The third-order valence-corrected chi connectivity index (χ3v) is 4.45. The molecule has 3 amide bonds. The van der Waals surface area contributed by atoms with Crippen molar-refractivity contribution in [3.63, 3.8) is 0 Å². The normalized spacial score (nSPS) is 22.9. The summed E-state index contributed by atoms with van der Waals surface area (Å²) >= 11 is 0. The van der Waals surface area contributed by atoms with E-state index in [0.717, 1.165) is 4.90 Å². The molecule has 1 atom stereocenters. The predicted molar refractivity (Wildman–Crippen MR) is 81.7 cm³/mol. The van der Waals surface area contributed by atoms with E-state index in [1.54, 1.807) is 13.0 Å². The third-order valence-electron chi connectivity index (χ3n) is 4.45. The zero-order valence-corrected chi connectivity index (χ0v) is 13.4. The van der Waals surface area contributed by atoms with Crippen LogP contribution in [0.15, 0.2) is 22.7 Å². The lowest BCUT2D eigenvalue weighted by molar-refractivity contribution is -0.131. The second kappa shape index (κ2) is 5.62. The van der Waals surface area contributed by atoms with Gasteiger partial charge in [-0.05, 0) is 30.7 Å².